The number of allylic oxidation sites excluding steroid dienone is 1. The summed E-state index contributed by atoms with van der Waals surface area (Å²) in [6, 6.07) is 17.1. The largest absolute Gasteiger partial charge is 0.355 e. The molecule has 2 N–H and O–H groups in total. The number of thioether (sulfide) groups is 1. The quantitative estimate of drug-likeness (QED) is 0.334. The number of aryl methyl sites for hydroxylation is 1. The van der Waals surface area contributed by atoms with E-state index in [1.54, 1.807) is 12.1 Å². The fourth-order valence-corrected chi connectivity index (χ4v) is 4.15. The molecule has 2 amide bonds. The van der Waals surface area contributed by atoms with Crippen LogP contribution < -0.4 is 10.6 Å². The van der Waals surface area contributed by atoms with Gasteiger partial charge in [0.15, 0.2) is 11.0 Å². The molecule has 0 saturated carbocycles. The molecule has 8 heteroatoms. The van der Waals surface area contributed by atoms with Crippen molar-refractivity contribution < 1.29 is 9.59 Å². The maximum Gasteiger partial charge on any atom is 0.252 e. The van der Waals surface area contributed by atoms with Crippen LogP contribution in [-0.2, 0) is 17.8 Å². The zero-order chi connectivity index (χ0) is 23.6. The molecule has 0 aliphatic rings. The van der Waals surface area contributed by atoms with E-state index in [1.807, 2.05) is 66.9 Å². The summed E-state index contributed by atoms with van der Waals surface area (Å²) in [6.45, 7) is 8.63. The van der Waals surface area contributed by atoms with E-state index < -0.39 is 0 Å². The van der Waals surface area contributed by atoms with Gasteiger partial charge in [0.2, 0.25) is 5.91 Å². The van der Waals surface area contributed by atoms with Crippen molar-refractivity contribution in [3.05, 3.63) is 89.8 Å². The van der Waals surface area contributed by atoms with Crippen LogP contribution >= 0.6 is 11.8 Å². The summed E-state index contributed by atoms with van der Waals surface area (Å²) in [5, 5.41) is 15.1. The minimum absolute atomic E-state index is 0.0634. The molecule has 33 heavy (non-hydrogen) atoms. The van der Waals surface area contributed by atoms with Crippen molar-refractivity contribution in [3.8, 4) is 0 Å². The predicted octanol–water partition coefficient (Wildman–Crippen LogP) is 3.71. The van der Waals surface area contributed by atoms with Crippen molar-refractivity contribution in [1.29, 1.82) is 0 Å². The Morgan fingerprint density at radius 2 is 1.85 bits per heavy atom. The molecule has 0 unspecified atom stereocenters. The molecule has 0 radical (unpaired) electrons. The van der Waals surface area contributed by atoms with E-state index >= 15 is 0 Å². The Balaban J connectivity index is 1.58. The second-order valence-corrected chi connectivity index (χ2v) is 8.57. The van der Waals surface area contributed by atoms with E-state index in [1.165, 1.54) is 17.3 Å². The van der Waals surface area contributed by atoms with Gasteiger partial charge < -0.3 is 15.2 Å². The summed E-state index contributed by atoms with van der Waals surface area (Å²) in [7, 11) is 0. The van der Waals surface area contributed by atoms with Crippen molar-refractivity contribution in [2.24, 2.45) is 0 Å². The molecule has 0 aliphatic carbocycles. The number of nitrogens with zero attached hydrogens (tertiary/aromatic N) is 3. The van der Waals surface area contributed by atoms with Crippen molar-refractivity contribution in [2.75, 3.05) is 12.3 Å². The molecule has 172 valence electrons. The Morgan fingerprint density at radius 1 is 1.12 bits per heavy atom. The van der Waals surface area contributed by atoms with Gasteiger partial charge in [-0.15, -0.1) is 16.8 Å². The summed E-state index contributed by atoms with van der Waals surface area (Å²) in [4.78, 5) is 25.0. The lowest BCUT2D eigenvalue weighted by molar-refractivity contribution is -0.118. The molecule has 7 nitrogen and oxygen atoms in total. The number of carbonyl (C=O) groups excluding carboxylic acids is 2. The standard InChI is InChI=1S/C25H29N5O2S/c1-4-16-30-23(19(3)27-24(32)21-13-9-8-10-18(21)2)28-29-25(30)33-17-22(31)26-15-14-20-11-6-5-7-12-20/h4-13,19H,1,14-17H2,2-3H3,(H,26,31)(H,27,32)/t19-/m1/s1. The average molecular weight is 464 g/mol. The Labute approximate surface area is 198 Å². The lowest BCUT2D eigenvalue weighted by atomic mass is 10.1. The highest BCUT2D eigenvalue weighted by Gasteiger charge is 2.21. The maximum atomic E-state index is 12.7. The molecule has 1 aromatic heterocycles. The van der Waals surface area contributed by atoms with Gasteiger partial charge in [0.1, 0.15) is 0 Å². The Bertz CT molecular complexity index is 1100. The summed E-state index contributed by atoms with van der Waals surface area (Å²) in [5.74, 6) is 0.615. The van der Waals surface area contributed by atoms with E-state index in [0.717, 1.165) is 12.0 Å². The van der Waals surface area contributed by atoms with E-state index in [-0.39, 0.29) is 23.6 Å². The summed E-state index contributed by atoms with van der Waals surface area (Å²) < 4.78 is 1.87. The number of amides is 2. The molecule has 0 bridgehead atoms. The molecule has 2 aromatic carbocycles. The second-order valence-electron chi connectivity index (χ2n) is 7.62. The fourth-order valence-electron chi connectivity index (χ4n) is 3.37. The van der Waals surface area contributed by atoms with Gasteiger partial charge in [-0.25, -0.2) is 0 Å². The maximum absolute atomic E-state index is 12.7. The van der Waals surface area contributed by atoms with Crippen molar-refractivity contribution in [3.63, 3.8) is 0 Å². The number of hydrogen-bond acceptors (Lipinski definition) is 5. The topological polar surface area (TPSA) is 88.9 Å². The van der Waals surface area contributed by atoms with E-state index in [0.29, 0.717) is 29.6 Å². The molecule has 1 atom stereocenters. The number of nitrogens with one attached hydrogen (secondary N) is 2. The molecule has 3 aromatic rings. The first-order valence-electron chi connectivity index (χ1n) is 10.8. The van der Waals surface area contributed by atoms with Gasteiger partial charge in [0, 0.05) is 18.7 Å². The van der Waals surface area contributed by atoms with Crippen LogP contribution in [-0.4, -0.2) is 38.9 Å². The third kappa shape index (κ3) is 6.79. The number of benzene rings is 2. The van der Waals surface area contributed by atoms with Crippen LogP contribution in [0.2, 0.25) is 0 Å². The van der Waals surface area contributed by atoms with Crippen LogP contribution in [0.1, 0.15) is 40.3 Å². The minimum atomic E-state index is -0.362. The van der Waals surface area contributed by atoms with E-state index in [4.69, 9.17) is 0 Å². The van der Waals surface area contributed by atoms with E-state index in [2.05, 4.69) is 27.4 Å². The van der Waals surface area contributed by atoms with Crippen LogP contribution in [0.15, 0.2) is 72.4 Å². The zero-order valence-corrected chi connectivity index (χ0v) is 19.8. The Morgan fingerprint density at radius 3 is 2.58 bits per heavy atom. The molecule has 1 heterocycles. The van der Waals surface area contributed by atoms with Gasteiger partial charge in [-0.1, -0.05) is 66.4 Å². The smallest absolute Gasteiger partial charge is 0.252 e. The summed E-state index contributed by atoms with van der Waals surface area (Å²) >= 11 is 1.31. The second kappa shape index (κ2) is 12.0. The molecular formula is C25H29N5O2S. The highest BCUT2D eigenvalue weighted by Crippen LogP contribution is 2.21. The van der Waals surface area contributed by atoms with Gasteiger partial charge in [-0.2, -0.15) is 0 Å². The van der Waals surface area contributed by atoms with Crippen LogP contribution in [0.3, 0.4) is 0 Å². The average Bonchev–Trinajstić information content (AvgIpc) is 3.21. The van der Waals surface area contributed by atoms with Crippen LogP contribution in [0.5, 0.6) is 0 Å². The lowest BCUT2D eigenvalue weighted by Crippen LogP contribution is -2.29. The van der Waals surface area contributed by atoms with Crippen molar-refractivity contribution >= 4 is 23.6 Å². The molecule has 0 saturated heterocycles. The first-order valence-corrected chi connectivity index (χ1v) is 11.8. The van der Waals surface area contributed by atoms with E-state index in [9.17, 15) is 9.59 Å². The van der Waals surface area contributed by atoms with Gasteiger partial charge in [-0.3, -0.25) is 9.59 Å². The van der Waals surface area contributed by atoms with Gasteiger partial charge in [0.25, 0.3) is 5.91 Å². The Kier molecular flexibility index (Phi) is 8.83. The van der Waals surface area contributed by atoms with Crippen LogP contribution in [0, 0.1) is 6.92 Å². The fraction of sp³-hybridized carbons (Fsp3) is 0.280. The summed E-state index contributed by atoms with van der Waals surface area (Å²) in [6.07, 6.45) is 2.53. The molecule has 0 fully saturated rings. The first kappa shape index (κ1) is 24.3. The first-order chi connectivity index (χ1) is 16.0. The third-order valence-electron chi connectivity index (χ3n) is 5.09. The molecule has 3 rings (SSSR count). The van der Waals surface area contributed by atoms with Crippen LogP contribution in [0.25, 0.3) is 0 Å². The van der Waals surface area contributed by atoms with Gasteiger partial charge >= 0.3 is 0 Å². The summed E-state index contributed by atoms with van der Waals surface area (Å²) in [5.41, 5.74) is 2.72. The monoisotopic (exact) mass is 463 g/mol. The van der Waals surface area contributed by atoms with Gasteiger partial charge in [0.05, 0.1) is 11.8 Å². The molecule has 0 spiro atoms. The minimum Gasteiger partial charge on any atom is -0.355 e. The van der Waals surface area contributed by atoms with Gasteiger partial charge in [-0.05, 0) is 37.5 Å². The van der Waals surface area contributed by atoms with Crippen molar-refractivity contribution in [1.82, 2.24) is 25.4 Å². The SMILES string of the molecule is C=CCn1c(SCC(=O)NCCc2ccccc2)nnc1[C@@H](C)NC(=O)c1ccccc1C. The number of carbonyl (C=O) groups is 2. The number of rotatable bonds is 11. The highest BCUT2D eigenvalue weighted by atomic mass is 32.2. The lowest BCUT2D eigenvalue weighted by Gasteiger charge is -2.16. The highest BCUT2D eigenvalue weighted by molar-refractivity contribution is 7.99. The normalized spacial score (nSPS) is 11.6. The van der Waals surface area contributed by atoms with Crippen molar-refractivity contribution in [2.45, 2.75) is 38.0 Å². The van der Waals surface area contributed by atoms with Crippen LogP contribution in [0.4, 0.5) is 0 Å². The predicted molar refractivity (Wildman–Crippen MR) is 131 cm³/mol. The third-order valence-corrected chi connectivity index (χ3v) is 6.06. The Hall–Kier alpha value is -3.39. The number of aromatic nitrogens is 3. The zero-order valence-electron chi connectivity index (χ0n) is 19.0. The molecular weight excluding hydrogens is 434 g/mol. The molecule has 0 aliphatic heterocycles. The number of hydrogen-bond donors (Lipinski definition) is 2.